The van der Waals surface area contributed by atoms with Gasteiger partial charge in [-0.2, -0.15) is 8.42 Å². The third-order valence-corrected chi connectivity index (χ3v) is 2.18. The zero-order chi connectivity index (χ0) is 8.48. The Bertz CT molecular complexity index is 371. The molecule has 1 aromatic rings. The molecule has 0 aliphatic rings. The Morgan fingerprint density at radius 3 is 2.33 bits per heavy atom. The van der Waals surface area contributed by atoms with Gasteiger partial charge in [-0.15, -0.1) is 0 Å². The summed E-state index contributed by atoms with van der Waals surface area (Å²) in [6.07, 6.45) is 0. The van der Waals surface area contributed by atoms with Crippen molar-refractivity contribution in [3.05, 3.63) is 29.3 Å². The van der Waals surface area contributed by atoms with Gasteiger partial charge in [0.05, 0.1) is 4.90 Å². The van der Waals surface area contributed by atoms with Crippen molar-refractivity contribution >= 4 is 59.5 Å². The van der Waals surface area contributed by atoms with Gasteiger partial charge in [0, 0.05) is 5.02 Å². The average molecular weight is 235 g/mol. The summed E-state index contributed by atoms with van der Waals surface area (Å²) in [6, 6.07) is 5.42. The number of rotatable bonds is 1. The predicted octanol–water partition coefficient (Wildman–Crippen LogP) is 1.43. The minimum Gasteiger partial charge on any atom is -1.00 e. The van der Waals surface area contributed by atoms with E-state index in [1.165, 1.54) is 24.3 Å². The summed E-state index contributed by atoms with van der Waals surface area (Å²) in [4.78, 5) is -0.190. The first kappa shape index (κ1) is 12.7. The Labute approximate surface area is 108 Å². The van der Waals surface area contributed by atoms with Gasteiger partial charge in [0.2, 0.25) is 0 Å². The molecule has 0 aliphatic carbocycles. The van der Waals surface area contributed by atoms with Gasteiger partial charge in [0.15, 0.2) is 0 Å². The molecule has 0 bridgehead atoms. The molecular weight excluding hydrogens is 228 g/mol. The molecule has 1 aromatic carbocycles. The number of benzene rings is 1. The maximum Gasteiger partial charge on any atom is 2.00 e. The van der Waals surface area contributed by atoms with Crippen LogP contribution in [0.4, 0.5) is 0 Å². The van der Waals surface area contributed by atoms with Gasteiger partial charge in [0.1, 0.15) is 0 Å². The van der Waals surface area contributed by atoms with Crippen LogP contribution in [-0.4, -0.2) is 50.7 Å². The zero-order valence-corrected chi connectivity index (χ0v) is 9.85. The molecular formula is C6H7CaClO3S. The molecule has 0 heterocycles. The fourth-order valence-electron chi connectivity index (χ4n) is 0.627. The Balaban J connectivity index is -0.000000403. The molecule has 0 unspecified atom stereocenters. The maximum atomic E-state index is 10.5. The largest absolute Gasteiger partial charge is 2.00 e. The Morgan fingerprint density at radius 1 is 1.42 bits per heavy atom. The number of halogens is 1. The molecule has 0 aromatic heterocycles. The van der Waals surface area contributed by atoms with Crippen LogP contribution in [0.5, 0.6) is 0 Å². The van der Waals surface area contributed by atoms with Gasteiger partial charge in [-0.3, -0.25) is 4.55 Å². The van der Waals surface area contributed by atoms with Crippen molar-refractivity contribution in [1.82, 2.24) is 0 Å². The van der Waals surface area contributed by atoms with E-state index in [9.17, 15) is 8.42 Å². The molecule has 1 rings (SSSR count). The van der Waals surface area contributed by atoms with E-state index in [4.69, 9.17) is 16.2 Å². The molecule has 0 fully saturated rings. The van der Waals surface area contributed by atoms with Crippen LogP contribution in [0.15, 0.2) is 29.2 Å². The maximum absolute atomic E-state index is 10.5. The van der Waals surface area contributed by atoms with Crippen LogP contribution in [0.25, 0.3) is 0 Å². The second-order valence-corrected chi connectivity index (χ2v) is 3.79. The van der Waals surface area contributed by atoms with Crippen LogP contribution in [0.2, 0.25) is 5.02 Å². The summed E-state index contributed by atoms with van der Waals surface area (Å²) in [7, 11) is -4.11. The fourth-order valence-corrected chi connectivity index (χ4v) is 1.41. The molecule has 1 N–H and O–H groups in total. The molecule has 3 nitrogen and oxygen atoms in total. The third kappa shape index (κ3) is 3.60. The minimum absolute atomic E-state index is 0. The molecule has 64 valence electrons. The summed E-state index contributed by atoms with van der Waals surface area (Å²) in [5, 5.41) is 0.278. The van der Waals surface area contributed by atoms with Crippen LogP contribution in [0.1, 0.15) is 2.85 Å². The van der Waals surface area contributed by atoms with Crippen molar-refractivity contribution < 1.29 is 15.8 Å². The SMILES string of the molecule is O=S(=O)(O)c1cccc(Cl)c1.[Ca+2].[H-].[H-]. The van der Waals surface area contributed by atoms with Crippen molar-refractivity contribution in [2.75, 3.05) is 0 Å². The first-order valence-electron chi connectivity index (χ1n) is 2.73. The van der Waals surface area contributed by atoms with Gasteiger partial charge in [-0.25, -0.2) is 0 Å². The van der Waals surface area contributed by atoms with E-state index < -0.39 is 10.1 Å². The molecule has 0 saturated heterocycles. The normalized spacial score (nSPS) is 10.5. The van der Waals surface area contributed by atoms with Gasteiger partial charge >= 0.3 is 37.7 Å². The second-order valence-electron chi connectivity index (χ2n) is 1.93. The quantitative estimate of drug-likeness (QED) is 0.591. The minimum atomic E-state index is -4.11. The third-order valence-electron chi connectivity index (χ3n) is 1.09. The van der Waals surface area contributed by atoms with Crippen LogP contribution in [0, 0.1) is 0 Å². The van der Waals surface area contributed by atoms with Crippen molar-refractivity contribution in [2.45, 2.75) is 4.90 Å². The molecule has 0 amide bonds. The number of hydrogen-bond acceptors (Lipinski definition) is 2. The summed E-state index contributed by atoms with van der Waals surface area (Å²) in [5.74, 6) is 0. The van der Waals surface area contributed by atoms with Gasteiger partial charge in [-0.05, 0) is 18.2 Å². The van der Waals surface area contributed by atoms with Gasteiger partial charge < -0.3 is 2.85 Å². The first-order valence-corrected chi connectivity index (χ1v) is 4.55. The summed E-state index contributed by atoms with van der Waals surface area (Å²) >= 11 is 5.48. The van der Waals surface area contributed by atoms with Crippen molar-refractivity contribution in [3.8, 4) is 0 Å². The molecule has 0 spiro atoms. The van der Waals surface area contributed by atoms with E-state index in [0.717, 1.165) is 0 Å². The van der Waals surface area contributed by atoms with E-state index >= 15 is 0 Å². The Kier molecular flexibility index (Phi) is 5.06. The second kappa shape index (κ2) is 4.79. The molecule has 0 atom stereocenters. The first-order chi connectivity index (χ1) is 5.00. The van der Waals surface area contributed by atoms with Crippen LogP contribution >= 0.6 is 11.6 Å². The van der Waals surface area contributed by atoms with E-state index in [1.807, 2.05) is 0 Å². The molecule has 0 saturated carbocycles. The Morgan fingerprint density at radius 2 is 2.00 bits per heavy atom. The van der Waals surface area contributed by atoms with Crippen molar-refractivity contribution in [1.29, 1.82) is 0 Å². The van der Waals surface area contributed by atoms with Crippen molar-refractivity contribution in [3.63, 3.8) is 0 Å². The number of hydrogen-bond donors (Lipinski definition) is 1. The molecule has 0 aliphatic heterocycles. The van der Waals surface area contributed by atoms with E-state index in [2.05, 4.69) is 0 Å². The van der Waals surface area contributed by atoms with Crippen LogP contribution < -0.4 is 0 Å². The molecule has 6 heteroatoms. The summed E-state index contributed by atoms with van der Waals surface area (Å²) in [5.41, 5.74) is 0. The monoisotopic (exact) mass is 234 g/mol. The average Bonchev–Trinajstić information content (AvgIpc) is 1.86. The predicted molar refractivity (Wildman–Crippen MR) is 49.2 cm³/mol. The van der Waals surface area contributed by atoms with Gasteiger partial charge in [-0.1, -0.05) is 17.7 Å². The smallest absolute Gasteiger partial charge is 1.00 e. The van der Waals surface area contributed by atoms with Gasteiger partial charge in [0.25, 0.3) is 10.1 Å². The molecule has 12 heavy (non-hydrogen) atoms. The zero-order valence-electron chi connectivity index (χ0n) is 8.07. The standard InChI is InChI=1S/C6H5ClO3S.Ca.2H/c7-5-2-1-3-6(4-5)11(8,9)10;;;/h1-4H,(H,8,9,10);;;/q;+2;2*-1. The topological polar surface area (TPSA) is 54.4 Å². The summed E-state index contributed by atoms with van der Waals surface area (Å²) < 4.78 is 29.5. The van der Waals surface area contributed by atoms with Crippen LogP contribution in [0.3, 0.4) is 0 Å². The summed E-state index contributed by atoms with van der Waals surface area (Å²) in [6.45, 7) is 0. The van der Waals surface area contributed by atoms with E-state index in [0.29, 0.717) is 0 Å². The fraction of sp³-hybridized carbons (Fsp3) is 0. The van der Waals surface area contributed by atoms with Crippen LogP contribution in [-0.2, 0) is 10.1 Å². The van der Waals surface area contributed by atoms with E-state index in [-0.39, 0.29) is 50.5 Å². The van der Waals surface area contributed by atoms with E-state index in [1.54, 1.807) is 0 Å². The molecule has 0 radical (unpaired) electrons. The van der Waals surface area contributed by atoms with Crippen molar-refractivity contribution in [2.24, 2.45) is 0 Å². The Hall–Kier alpha value is 0.680.